The van der Waals surface area contributed by atoms with Crippen LogP contribution in [0.3, 0.4) is 0 Å². The van der Waals surface area contributed by atoms with E-state index in [0.29, 0.717) is 37.8 Å². The number of amides is 1. The molecule has 2 heterocycles. The second kappa shape index (κ2) is 12.5. The predicted molar refractivity (Wildman–Crippen MR) is 140 cm³/mol. The molecule has 0 radical (unpaired) electrons. The van der Waals surface area contributed by atoms with Crippen LogP contribution in [0.2, 0.25) is 0 Å². The smallest absolute Gasteiger partial charge is 0.407 e. The number of rotatable bonds is 9. The Bertz CT molecular complexity index is 961. The van der Waals surface area contributed by atoms with Crippen molar-refractivity contribution in [2.75, 3.05) is 13.7 Å². The van der Waals surface area contributed by atoms with Crippen LogP contribution in [-0.2, 0) is 28.5 Å². The third-order valence-electron chi connectivity index (χ3n) is 7.10. The number of nitrogens with one attached hydrogen (secondary N) is 1. The van der Waals surface area contributed by atoms with E-state index in [0.717, 1.165) is 0 Å². The van der Waals surface area contributed by atoms with Gasteiger partial charge in [0.2, 0.25) is 0 Å². The van der Waals surface area contributed by atoms with E-state index in [-0.39, 0.29) is 23.7 Å². The first kappa shape index (κ1) is 29.9. The number of alkyl carbamates (subject to hydrolysis) is 1. The molecule has 7 atom stereocenters. The summed E-state index contributed by atoms with van der Waals surface area (Å²) in [6.45, 7) is 11.9. The number of carbonyl (C=O) groups is 3. The van der Waals surface area contributed by atoms with Gasteiger partial charge in [-0.2, -0.15) is 0 Å². The molecule has 0 aromatic heterocycles. The molecule has 9 nitrogen and oxygen atoms in total. The summed E-state index contributed by atoms with van der Waals surface area (Å²) in [7, 11) is 1.58. The molecule has 9 heteroatoms. The van der Waals surface area contributed by atoms with E-state index in [1.165, 1.54) is 0 Å². The summed E-state index contributed by atoms with van der Waals surface area (Å²) in [6.07, 6.45) is -0.409. The molecule has 1 amide bonds. The molecule has 1 aromatic carbocycles. The number of benzene rings is 1. The monoisotopic (exact) mass is 533 g/mol. The average molecular weight is 534 g/mol. The number of methoxy groups -OCH3 is 1. The van der Waals surface area contributed by atoms with Crippen molar-refractivity contribution in [3.05, 3.63) is 35.9 Å². The second-order valence-corrected chi connectivity index (χ2v) is 11.8. The SMILES string of the molecule is COC1([C@H](C)C[C@H](C)CNC(=O)OC(C)(C)C)C[C@@H](OC(=O)c2ccccc2)[C@H]([C@@H]2C[C@@H](C)CC(=O)O2)O1. The molecule has 2 aliphatic heterocycles. The zero-order valence-electron chi connectivity index (χ0n) is 23.7. The van der Waals surface area contributed by atoms with E-state index in [2.05, 4.69) is 5.32 Å². The lowest BCUT2D eigenvalue weighted by atomic mass is 9.87. The van der Waals surface area contributed by atoms with Gasteiger partial charge in [-0.3, -0.25) is 4.79 Å². The minimum Gasteiger partial charge on any atom is -0.459 e. The normalized spacial score (nSPS) is 29.2. The van der Waals surface area contributed by atoms with Crippen molar-refractivity contribution in [1.29, 1.82) is 0 Å². The minimum atomic E-state index is -1.06. The van der Waals surface area contributed by atoms with Crippen LogP contribution in [0.1, 0.15) is 77.6 Å². The molecule has 0 saturated carbocycles. The fourth-order valence-corrected chi connectivity index (χ4v) is 5.27. The second-order valence-electron chi connectivity index (χ2n) is 11.8. The first-order chi connectivity index (χ1) is 17.8. The van der Waals surface area contributed by atoms with Gasteiger partial charge in [0, 0.05) is 32.4 Å². The van der Waals surface area contributed by atoms with Gasteiger partial charge < -0.3 is 29.0 Å². The molecular weight excluding hydrogens is 490 g/mol. The zero-order chi connectivity index (χ0) is 28.1. The highest BCUT2D eigenvalue weighted by atomic mass is 16.7. The lowest BCUT2D eigenvalue weighted by molar-refractivity contribution is -0.258. The van der Waals surface area contributed by atoms with Crippen LogP contribution in [0, 0.1) is 17.8 Å². The Labute approximate surface area is 225 Å². The Kier molecular flexibility index (Phi) is 9.81. The van der Waals surface area contributed by atoms with Crippen molar-refractivity contribution in [2.24, 2.45) is 17.8 Å². The van der Waals surface area contributed by atoms with Crippen LogP contribution in [0.15, 0.2) is 30.3 Å². The van der Waals surface area contributed by atoms with Gasteiger partial charge in [0.1, 0.15) is 23.9 Å². The molecule has 1 aromatic rings. The maximum Gasteiger partial charge on any atom is 0.407 e. The Morgan fingerprint density at radius 1 is 1.18 bits per heavy atom. The van der Waals surface area contributed by atoms with E-state index < -0.39 is 41.8 Å². The van der Waals surface area contributed by atoms with Crippen molar-refractivity contribution in [3.63, 3.8) is 0 Å². The van der Waals surface area contributed by atoms with Gasteiger partial charge in [0.15, 0.2) is 5.79 Å². The molecule has 2 fully saturated rings. The molecule has 1 unspecified atom stereocenters. The molecule has 2 saturated heterocycles. The molecule has 1 N–H and O–H groups in total. The summed E-state index contributed by atoms with van der Waals surface area (Å²) < 4.78 is 29.5. The summed E-state index contributed by atoms with van der Waals surface area (Å²) in [4.78, 5) is 37.3. The van der Waals surface area contributed by atoms with Crippen LogP contribution < -0.4 is 5.32 Å². The number of ether oxygens (including phenoxy) is 5. The first-order valence-corrected chi connectivity index (χ1v) is 13.5. The van der Waals surface area contributed by atoms with Crippen molar-refractivity contribution in [1.82, 2.24) is 5.32 Å². The van der Waals surface area contributed by atoms with E-state index in [9.17, 15) is 14.4 Å². The Balaban J connectivity index is 1.73. The van der Waals surface area contributed by atoms with Gasteiger partial charge in [-0.15, -0.1) is 0 Å². The molecule has 0 spiro atoms. The fraction of sp³-hybridized carbons (Fsp3) is 0.690. The molecule has 2 aliphatic rings. The molecule has 212 valence electrons. The topological polar surface area (TPSA) is 109 Å². The quantitative estimate of drug-likeness (QED) is 0.354. The van der Waals surface area contributed by atoms with Crippen molar-refractivity contribution < 1.29 is 38.1 Å². The highest BCUT2D eigenvalue weighted by Crippen LogP contribution is 2.44. The summed E-state index contributed by atoms with van der Waals surface area (Å²) in [5, 5.41) is 2.82. The van der Waals surface area contributed by atoms with Crippen molar-refractivity contribution >= 4 is 18.0 Å². The molecule has 0 aliphatic carbocycles. The maximum absolute atomic E-state index is 13.0. The van der Waals surface area contributed by atoms with Gasteiger partial charge in [0.25, 0.3) is 0 Å². The predicted octanol–water partition coefficient (Wildman–Crippen LogP) is 4.87. The van der Waals surface area contributed by atoms with Gasteiger partial charge in [-0.05, 0) is 57.6 Å². The largest absolute Gasteiger partial charge is 0.459 e. The van der Waals surface area contributed by atoms with Gasteiger partial charge in [-0.1, -0.05) is 39.0 Å². The van der Waals surface area contributed by atoms with Crippen LogP contribution in [0.25, 0.3) is 0 Å². The molecular formula is C29H43NO8. The van der Waals surface area contributed by atoms with Crippen LogP contribution >= 0.6 is 0 Å². The van der Waals surface area contributed by atoms with Crippen LogP contribution in [-0.4, -0.2) is 61.4 Å². The van der Waals surface area contributed by atoms with Crippen molar-refractivity contribution in [2.45, 2.75) is 96.9 Å². The third-order valence-corrected chi connectivity index (χ3v) is 7.10. The van der Waals surface area contributed by atoms with Crippen LogP contribution in [0.4, 0.5) is 4.79 Å². The highest BCUT2D eigenvalue weighted by molar-refractivity contribution is 5.89. The van der Waals surface area contributed by atoms with E-state index in [1.807, 2.05) is 47.6 Å². The highest BCUT2D eigenvalue weighted by Gasteiger charge is 2.55. The van der Waals surface area contributed by atoms with Gasteiger partial charge >= 0.3 is 18.0 Å². The van der Waals surface area contributed by atoms with Gasteiger partial charge in [0.05, 0.1) is 5.56 Å². The summed E-state index contributed by atoms with van der Waals surface area (Å²) in [5.41, 5.74) is -0.135. The standard InChI is InChI=1S/C29H43NO8/c1-18-14-22(35-24(31)15-18)25-23(36-26(32)21-11-9-8-10-12-21)16-29(34-7,37-25)20(3)13-19(2)17-30-27(33)38-28(4,5)6/h8-12,18-20,22-23,25H,13-17H2,1-7H3,(H,30,33)/t18-,19+,20-,22+,23-,25+,29?/m1/s1. The van der Waals surface area contributed by atoms with Gasteiger partial charge in [-0.25, -0.2) is 9.59 Å². The number of esters is 2. The lowest BCUT2D eigenvalue weighted by Gasteiger charge is -2.37. The fourth-order valence-electron chi connectivity index (χ4n) is 5.27. The van der Waals surface area contributed by atoms with E-state index >= 15 is 0 Å². The molecule has 38 heavy (non-hydrogen) atoms. The number of carbonyl (C=O) groups excluding carboxylic acids is 3. The Hall–Kier alpha value is -2.65. The van der Waals surface area contributed by atoms with E-state index in [1.54, 1.807) is 31.4 Å². The minimum absolute atomic E-state index is 0.0880. The Morgan fingerprint density at radius 2 is 1.87 bits per heavy atom. The van der Waals surface area contributed by atoms with Crippen molar-refractivity contribution in [3.8, 4) is 0 Å². The summed E-state index contributed by atoms with van der Waals surface area (Å²) in [5.74, 6) is -1.71. The van der Waals surface area contributed by atoms with Crippen LogP contribution in [0.5, 0.6) is 0 Å². The maximum atomic E-state index is 13.0. The number of hydrogen-bond acceptors (Lipinski definition) is 8. The molecule has 0 bridgehead atoms. The number of hydrogen-bond donors (Lipinski definition) is 1. The lowest BCUT2D eigenvalue weighted by Crippen LogP contribution is -2.45. The Morgan fingerprint density at radius 3 is 2.47 bits per heavy atom. The third kappa shape index (κ3) is 7.93. The summed E-state index contributed by atoms with van der Waals surface area (Å²) >= 11 is 0. The molecule has 3 rings (SSSR count). The first-order valence-electron chi connectivity index (χ1n) is 13.5. The summed E-state index contributed by atoms with van der Waals surface area (Å²) in [6, 6.07) is 8.77. The zero-order valence-corrected chi connectivity index (χ0v) is 23.7. The number of cyclic esters (lactones) is 1. The average Bonchev–Trinajstić information content (AvgIpc) is 3.21. The van der Waals surface area contributed by atoms with E-state index in [4.69, 9.17) is 23.7 Å².